The minimum atomic E-state index is -0.341. The van der Waals surface area contributed by atoms with Gasteiger partial charge in [0.2, 0.25) is 0 Å². The number of hydrogen-bond acceptors (Lipinski definition) is 5. The van der Waals surface area contributed by atoms with Crippen LogP contribution in [0.25, 0.3) is 0 Å². The molecule has 20 heavy (non-hydrogen) atoms. The zero-order valence-electron chi connectivity index (χ0n) is 12.4. The summed E-state index contributed by atoms with van der Waals surface area (Å²) in [6, 6.07) is 5.06. The molecular weight excluding hydrogens is 256 g/mol. The number of nitrogens with two attached hydrogens (primary N) is 1. The van der Waals surface area contributed by atoms with E-state index in [0.29, 0.717) is 36.9 Å². The maximum absolute atomic E-state index is 11.6. The Morgan fingerprint density at radius 1 is 1.40 bits per heavy atom. The van der Waals surface area contributed by atoms with Gasteiger partial charge in [-0.15, -0.1) is 0 Å². The molecule has 0 saturated heterocycles. The van der Waals surface area contributed by atoms with Crippen molar-refractivity contribution in [1.29, 1.82) is 0 Å². The van der Waals surface area contributed by atoms with Crippen LogP contribution in [-0.2, 0) is 9.47 Å². The maximum Gasteiger partial charge on any atom is 0.338 e. The van der Waals surface area contributed by atoms with E-state index in [-0.39, 0.29) is 5.97 Å². The Morgan fingerprint density at radius 3 is 2.80 bits per heavy atom. The molecule has 0 heterocycles. The third-order valence-corrected chi connectivity index (χ3v) is 2.58. The van der Waals surface area contributed by atoms with Gasteiger partial charge in [0.05, 0.1) is 30.2 Å². The molecule has 0 aliphatic rings. The van der Waals surface area contributed by atoms with Crippen LogP contribution in [0.1, 0.15) is 31.1 Å². The largest absolute Gasteiger partial charge is 0.462 e. The average molecular weight is 280 g/mol. The number of rotatable bonds is 8. The second kappa shape index (κ2) is 8.43. The molecule has 0 radical (unpaired) electrons. The number of hydrogen-bond donors (Lipinski definition) is 2. The lowest BCUT2D eigenvalue weighted by molar-refractivity contribution is 0.0526. The zero-order chi connectivity index (χ0) is 15.0. The number of carbonyl (C=O) groups excluding carboxylic acids is 1. The fourth-order valence-electron chi connectivity index (χ4n) is 1.63. The summed E-state index contributed by atoms with van der Waals surface area (Å²) in [7, 11) is 0. The molecule has 0 aliphatic heterocycles. The van der Waals surface area contributed by atoms with E-state index in [2.05, 4.69) is 19.2 Å². The van der Waals surface area contributed by atoms with Crippen molar-refractivity contribution in [3.8, 4) is 0 Å². The topological polar surface area (TPSA) is 73.6 Å². The van der Waals surface area contributed by atoms with Crippen molar-refractivity contribution in [2.75, 3.05) is 37.4 Å². The highest BCUT2D eigenvalue weighted by Crippen LogP contribution is 2.20. The van der Waals surface area contributed by atoms with Gasteiger partial charge >= 0.3 is 5.97 Å². The van der Waals surface area contributed by atoms with Crippen molar-refractivity contribution in [3.63, 3.8) is 0 Å². The minimum absolute atomic E-state index is 0.341. The highest BCUT2D eigenvalue weighted by Gasteiger charge is 2.08. The number of carbonyl (C=O) groups is 1. The summed E-state index contributed by atoms with van der Waals surface area (Å²) in [5.74, 6) is 0.179. The zero-order valence-corrected chi connectivity index (χ0v) is 12.4. The second-order valence-corrected chi connectivity index (χ2v) is 4.92. The SMILES string of the molecule is CCOC(=O)c1ccc(N)c(NCCOCC(C)C)c1. The van der Waals surface area contributed by atoms with E-state index in [9.17, 15) is 4.79 Å². The quantitative estimate of drug-likeness (QED) is 0.435. The molecule has 1 rings (SSSR count). The summed E-state index contributed by atoms with van der Waals surface area (Å²) < 4.78 is 10.4. The molecule has 0 spiro atoms. The number of ether oxygens (including phenoxy) is 2. The van der Waals surface area contributed by atoms with Gasteiger partial charge in [-0.25, -0.2) is 4.79 Å². The molecule has 0 bridgehead atoms. The standard InChI is InChI=1S/C15H24N2O3/c1-4-20-15(18)12-5-6-13(16)14(9-12)17-7-8-19-10-11(2)3/h5-6,9,11,17H,4,7-8,10,16H2,1-3H3. The molecule has 5 heteroatoms. The first-order valence-electron chi connectivity index (χ1n) is 6.92. The molecule has 0 amide bonds. The Bertz CT molecular complexity index is 433. The summed E-state index contributed by atoms with van der Waals surface area (Å²) in [6.07, 6.45) is 0. The number of anilines is 2. The molecule has 0 fully saturated rings. The van der Waals surface area contributed by atoms with Gasteiger partial charge in [-0.1, -0.05) is 13.8 Å². The van der Waals surface area contributed by atoms with Crippen LogP contribution in [0.2, 0.25) is 0 Å². The summed E-state index contributed by atoms with van der Waals surface area (Å²) in [4.78, 5) is 11.6. The highest BCUT2D eigenvalue weighted by atomic mass is 16.5. The molecule has 0 saturated carbocycles. The summed E-state index contributed by atoms with van der Waals surface area (Å²) in [6.45, 7) is 8.32. The smallest absolute Gasteiger partial charge is 0.338 e. The molecule has 3 N–H and O–H groups in total. The van der Waals surface area contributed by atoms with Crippen LogP contribution < -0.4 is 11.1 Å². The lowest BCUT2D eigenvalue weighted by Gasteiger charge is -2.12. The molecule has 1 aromatic rings. The van der Waals surface area contributed by atoms with E-state index in [0.717, 1.165) is 12.3 Å². The molecule has 0 aliphatic carbocycles. The van der Waals surface area contributed by atoms with Crippen LogP contribution in [0.4, 0.5) is 11.4 Å². The first-order chi connectivity index (χ1) is 9.54. The van der Waals surface area contributed by atoms with Crippen molar-refractivity contribution in [1.82, 2.24) is 0 Å². The van der Waals surface area contributed by atoms with Crippen molar-refractivity contribution in [2.24, 2.45) is 5.92 Å². The average Bonchev–Trinajstić information content (AvgIpc) is 2.40. The monoisotopic (exact) mass is 280 g/mol. The Labute approximate surface area is 120 Å². The van der Waals surface area contributed by atoms with Gasteiger partial charge in [0, 0.05) is 13.2 Å². The Kier molecular flexibility index (Phi) is 6.87. The van der Waals surface area contributed by atoms with Gasteiger partial charge in [0.25, 0.3) is 0 Å². The van der Waals surface area contributed by atoms with E-state index < -0.39 is 0 Å². The lowest BCUT2D eigenvalue weighted by Crippen LogP contribution is -2.13. The van der Waals surface area contributed by atoms with E-state index >= 15 is 0 Å². The molecule has 112 valence electrons. The van der Waals surface area contributed by atoms with Crippen molar-refractivity contribution in [3.05, 3.63) is 23.8 Å². The molecule has 1 aromatic carbocycles. The van der Waals surface area contributed by atoms with Crippen molar-refractivity contribution < 1.29 is 14.3 Å². The van der Waals surface area contributed by atoms with E-state index in [4.69, 9.17) is 15.2 Å². The van der Waals surface area contributed by atoms with Crippen LogP contribution in [0, 0.1) is 5.92 Å². The predicted octanol–water partition coefficient (Wildman–Crippen LogP) is 2.53. The fraction of sp³-hybridized carbons (Fsp3) is 0.533. The van der Waals surface area contributed by atoms with Gasteiger partial charge in [-0.3, -0.25) is 0 Å². The van der Waals surface area contributed by atoms with Crippen molar-refractivity contribution >= 4 is 17.3 Å². The van der Waals surface area contributed by atoms with Crippen LogP contribution in [0.5, 0.6) is 0 Å². The van der Waals surface area contributed by atoms with Crippen LogP contribution >= 0.6 is 0 Å². The summed E-state index contributed by atoms with van der Waals surface area (Å²) in [5.41, 5.74) is 7.69. The predicted molar refractivity (Wildman–Crippen MR) is 81.0 cm³/mol. The normalized spacial score (nSPS) is 10.6. The summed E-state index contributed by atoms with van der Waals surface area (Å²) in [5, 5.41) is 3.17. The molecule has 5 nitrogen and oxygen atoms in total. The van der Waals surface area contributed by atoms with Gasteiger partial charge in [0.1, 0.15) is 0 Å². The molecule has 0 atom stereocenters. The van der Waals surface area contributed by atoms with Crippen LogP contribution in [0.3, 0.4) is 0 Å². The van der Waals surface area contributed by atoms with Gasteiger partial charge in [-0.2, -0.15) is 0 Å². The van der Waals surface area contributed by atoms with Gasteiger partial charge < -0.3 is 20.5 Å². The Hall–Kier alpha value is -1.75. The van der Waals surface area contributed by atoms with Gasteiger partial charge in [-0.05, 0) is 31.0 Å². The maximum atomic E-state index is 11.6. The van der Waals surface area contributed by atoms with E-state index in [1.807, 2.05) is 0 Å². The van der Waals surface area contributed by atoms with Crippen molar-refractivity contribution in [2.45, 2.75) is 20.8 Å². The Balaban J connectivity index is 2.52. The summed E-state index contributed by atoms with van der Waals surface area (Å²) >= 11 is 0. The van der Waals surface area contributed by atoms with Crippen LogP contribution in [-0.4, -0.2) is 32.3 Å². The fourth-order valence-corrected chi connectivity index (χ4v) is 1.63. The first kappa shape index (κ1) is 16.3. The lowest BCUT2D eigenvalue weighted by atomic mass is 10.1. The van der Waals surface area contributed by atoms with Gasteiger partial charge in [0.15, 0.2) is 0 Å². The molecular formula is C15H24N2O3. The third kappa shape index (κ3) is 5.48. The first-order valence-corrected chi connectivity index (χ1v) is 6.92. The minimum Gasteiger partial charge on any atom is -0.462 e. The number of benzene rings is 1. The third-order valence-electron chi connectivity index (χ3n) is 2.58. The van der Waals surface area contributed by atoms with Crippen LogP contribution in [0.15, 0.2) is 18.2 Å². The molecule has 0 aromatic heterocycles. The number of esters is 1. The Morgan fingerprint density at radius 2 is 2.15 bits per heavy atom. The number of nitrogen functional groups attached to an aromatic ring is 1. The van der Waals surface area contributed by atoms with E-state index in [1.165, 1.54) is 0 Å². The number of nitrogens with one attached hydrogen (secondary N) is 1. The second-order valence-electron chi connectivity index (χ2n) is 4.92. The highest BCUT2D eigenvalue weighted by molar-refractivity contribution is 5.92. The van der Waals surface area contributed by atoms with E-state index in [1.54, 1.807) is 25.1 Å². The molecule has 0 unspecified atom stereocenters.